The standard InChI is InChI=1S/C14H24N2S2/c1-3-5-14(6-8-16-9-7-15-12-16)17-10-13(4-2)11-18-14/h7,9,12-13H,3-6,8,10-11H2,1-2H3. The van der Waals surface area contributed by atoms with E-state index >= 15 is 0 Å². The first-order chi connectivity index (χ1) is 8.78. The molecule has 0 amide bonds. The number of hydrogen-bond acceptors (Lipinski definition) is 3. The van der Waals surface area contributed by atoms with Crippen molar-refractivity contribution >= 4 is 23.5 Å². The summed E-state index contributed by atoms with van der Waals surface area (Å²) in [6.07, 6.45) is 11.1. The van der Waals surface area contributed by atoms with Crippen LogP contribution in [0, 0.1) is 5.92 Å². The van der Waals surface area contributed by atoms with Crippen molar-refractivity contribution in [1.82, 2.24) is 9.55 Å². The van der Waals surface area contributed by atoms with Crippen LogP contribution in [-0.2, 0) is 6.54 Å². The van der Waals surface area contributed by atoms with Gasteiger partial charge in [0.2, 0.25) is 0 Å². The minimum absolute atomic E-state index is 0.463. The predicted molar refractivity (Wildman–Crippen MR) is 83.2 cm³/mol. The van der Waals surface area contributed by atoms with E-state index in [4.69, 9.17) is 0 Å². The van der Waals surface area contributed by atoms with Gasteiger partial charge in [-0.15, -0.1) is 23.5 Å². The van der Waals surface area contributed by atoms with E-state index in [1.165, 1.54) is 37.2 Å². The Hall–Kier alpha value is -0.0900. The first kappa shape index (κ1) is 14.3. The number of aryl methyl sites for hydroxylation is 1. The maximum absolute atomic E-state index is 4.13. The molecule has 2 rings (SSSR count). The third-order valence-corrected chi connectivity index (χ3v) is 7.53. The molecule has 2 nitrogen and oxygen atoms in total. The smallest absolute Gasteiger partial charge is 0.0945 e. The Morgan fingerprint density at radius 3 is 2.61 bits per heavy atom. The van der Waals surface area contributed by atoms with Gasteiger partial charge in [-0.3, -0.25) is 0 Å². The van der Waals surface area contributed by atoms with Gasteiger partial charge in [0, 0.05) is 18.9 Å². The molecule has 1 fully saturated rings. The number of hydrogen-bond donors (Lipinski definition) is 0. The largest absolute Gasteiger partial charge is 0.337 e. The van der Waals surface area contributed by atoms with E-state index in [0.29, 0.717) is 4.08 Å². The monoisotopic (exact) mass is 284 g/mol. The van der Waals surface area contributed by atoms with Crippen molar-refractivity contribution < 1.29 is 0 Å². The number of nitrogens with zero attached hydrogens (tertiary/aromatic N) is 2. The highest BCUT2D eigenvalue weighted by atomic mass is 32.2. The van der Waals surface area contributed by atoms with Crippen LogP contribution >= 0.6 is 23.5 Å². The van der Waals surface area contributed by atoms with Crippen LogP contribution in [-0.4, -0.2) is 25.1 Å². The number of thioether (sulfide) groups is 2. The van der Waals surface area contributed by atoms with Gasteiger partial charge in [-0.25, -0.2) is 4.98 Å². The van der Waals surface area contributed by atoms with Crippen LogP contribution in [0.1, 0.15) is 39.5 Å². The Balaban J connectivity index is 1.90. The van der Waals surface area contributed by atoms with Gasteiger partial charge in [-0.1, -0.05) is 26.7 Å². The molecule has 0 N–H and O–H groups in total. The second-order valence-electron chi connectivity index (χ2n) is 5.11. The molecule has 0 atom stereocenters. The third-order valence-electron chi connectivity index (χ3n) is 3.68. The molecule has 0 aliphatic carbocycles. The van der Waals surface area contributed by atoms with E-state index in [2.05, 4.69) is 53.1 Å². The van der Waals surface area contributed by atoms with Crippen molar-refractivity contribution in [3.05, 3.63) is 18.7 Å². The van der Waals surface area contributed by atoms with Crippen molar-refractivity contribution in [2.24, 2.45) is 5.92 Å². The van der Waals surface area contributed by atoms with Crippen LogP contribution in [0.15, 0.2) is 18.7 Å². The average Bonchev–Trinajstić information content (AvgIpc) is 2.91. The van der Waals surface area contributed by atoms with E-state index in [9.17, 15) is 0 Å². The highest BCUT2D eigenvalue weighted by Crippen LogP contribution is 2.50. The first-order valence-corrected chi connectivity index (χ1v) is 8.99. The maximum atomic E-state index is 4.13. The molecule has 0 unspecified atom stereocenters. The Kier molecular flexibility index (Phi) is 5.49. The van der Waals surface area contributed by atoms with Crippen LogP contribution in [0.2, 0.25) is 0 Å². The van der Waals surface area contributed by atoms with E-state index in [1.54, 1.807) is 0 Å². The summed E-state index contributed by atoms with van der Waals surface area (Å²) in [7, 11) is 0. The Labute approximate surface area is 119 Å². The number of imidazole rings is 1. The SMILES string of the molecule is CCCC1(CCn2ccnc2)SCC(CC)CS1. The summed E-state index contributed by atoms with van der Waals surface area (Å²) in [5.74, 6) is 3.64. The van der Waals surface area contributed by atoms with Crippen molar-refractivity contribution in [2.75, 3.05) is 11.5 Å². The van der Waals surface area contributed by atoms with Crippen molar-refractivity contribution in [3.8, 4) is 0 Å². The summed E-state index contributed by atoms with van der Waals surface area (Å²) in [6, 6.07) is 0. The predicted octanol–water partition coefficient (Wildman–Crippen LogP) is 4.28. The lowest BCUT2D eigenvalue weighted by molar-refractivity contribution is 0.551. The Morgan fingerprint density at radius 2 is 2.06 bits per heavy atom. The molecular formula is C14H24N2S2. The maximum Gasteiger partial charge on any atom is 0.0945 e. The fraction of sp³-hybridized carbons (Fsp3) is 0.786. The van der Waals surface area contributed by atoms with Gasteiger partial charge >= 0.3 is 0 Å². The molecular weight excluding hydrogens is 260 g/mol. The fourth-order valence-electron chi connectivity index (χ4n) is 2.38. The second-order valence-corrected chi connectivity index (χ2v) is 8.17. The minimum Gasteiger partial charge on any atom is -0.337 e. The molecule has 0 aromatic carbocycles. The normalized spacial score (nSPS) is 28.4. The summed E-state index contributed by atoms with van der Waals surface area (Å²) in [5.41, 5.74) is 0. The van der Waals surface area contributed by atoms with Crippen LogP contribution < -0.4 is 0 Å². The summed E-state index contributed by atoms with van der Waals surface area (Å²) in [6.45, 7) is 5.74. The van der Waals surface area contributed by atoms with Crippen molar-refractivity contribution in [3.63, 3.8) is 0 Å². The zero-order chi connectivity index (χ0) is 12.8. The molecule has 0 spiro atoms. The van der Waals surface area contributed by atoms with Crippen LogP contribution in [0.4, 0.5) is 0 Å². The summed E-state index contributed by atoms with van der Waals surface area (Å²) in [4.78, 5) is 4.13. The summed E-state index contributed by atoms with van der Waals surface area (Å²) < 4.78 is 2.68. The molecule has 2 heterocycles. The van der Waals surface area contributed by atoms with E-state index < -0.39 is 0 Å². The molecule has 1 aliphatic heterocycles. The van der Waals surface area contributed by atoms with Gasteiger partial charge in [-0.05, 0) is 30.3 Å². The van der Waals surface area contributed by atoms with Gasteiger partial charge in [-0.2, -0.15) is 0 Å². The topological polar surface area (TPSA) is 17.8 Å². The van der Waals surface area contributed by atoms with Crippen molar-refractivity contribution in [1.29, 1.82) is 0 Å². The molecule has 102 valence electrons. The van der Waals surface area contributed by atoms with Crippen LogP contribution in [0.5, 0.6) is 0 Å². The van der Waals surface area contributed by atoms with Gasteiger partial charge in [0.05, 0.1) is 10.4 Å². The lowest BCUT2D eigenvalue weighted by atomic mass is 10.1. The highest BCUT2D eigenvalue weighted by molar-refractivity contribution is 8.18. The number of aromatic nitrogens is 2. The molecule has 1 aromatic rings. The molecule has 0 radical (unpaired) electrons. The summed E-state index contributed by atoms with van der Waals surface area (Å²) >= 11 is 4.44. The number of rotatable bonds is 6. The Bertz CT molecular complexity index is 330. The fourth-order valence-corrected chi connectivity index (χ4v) is 6.22. The van der Waals surface area contributed by atoms with E-state index in [1.807, 2.05) is 12.5 Å². The molecule has 0 bridgehead atoms. The average molecular weight is 284 g/mol. The first-order valence-electron chi connectivity index (χ1n) is 7.01. The minimum atomic E-state index is 0.463. The van der Waals surface area contributed by atoms with Gasteiger partial charge in [0.1, 0.15) is 0 Å². The molecule has 4 heteroatoms. The van der Waals surface area contributed by atoms with E-state index in [0.717, 1.165) is 12.5 Å². The third kappa shape index (κ3) is 3.70. The molecule has 1 aliphatic rings. The second kappa shape index (κ2) is 6.90. The Morgan fingerprint density at radius 1 is 1.28 bits per heavy atom. The molecule has 1 saturated heterocycles. The molecule has 18 heavy (non-hydrogen) atoms. The van der Waals surface area contributed by atoms with E-state index in [-0.39, 0.29) is 0 Å². The quantitative estimate of drug-likeness (QED) is 0.776. The van der Waals surface area contributed by atoms with Gasteiger partial charge in [0.25, 0.3) is 0 Å². The molecule has 0 saturated carbocycles. The molecule has 1 aromatic heterocycles. The lowest BCUT2D eigenvalue weighted by Gasteiger charge is -2.39. The highest BCUT2D eigenvalue weighted by Gasteiger charge is 2.35. The summed E-state index contributed by atoms with van der Waals surface area (Å²) in [5, 5.41) is 0. The zero-order valence-corrected chi connectivity index (χ0v) is 13.1. The van der Waals surface area contributed by atoms with Crippen LogP contribution in [0.3, 0.4) is 0 Å². The van der Waals surface area contributed by atoms with Gasteiger partial charge in [0.15, 0.2) is 0 Å². The zero-order valence-electron chi connectivity index (χ0n) is 11.5. The van der Waals surface area contributed by atoms with Gasteiger partial charge < -0.3 is 4.57 Å². The van der Waals surface area contributed by atoms with Crippen molar-refractivity contribution in [2.45, 2.75) is 50.2 Å². The lowest BCUT2D eigenvalue weighted by Crippen LogP contribution is -2.30. The van der Waals surface area contributed by atoms with Crippen LogP contribution in [0.25, 0.3) is 0 Å².